The van der Waals surface area contributed by atoms with Gasteiger partial charge in [-0.2, -0.15) is 0 Å². The SMILES string of the molecule is O=c1cc(/C=C/c2ccccc2)[nH]n1-c1ccccn1. The lowest BCUT2D eigenvalue weighted by Gasteiger charge is -1.98. The maximum Gasteiger partial charge on any atom is 0.273 e. The third-order valence-corrected chi connectivity index (χ3v) is 2.87. The van der Waals surface area contributed by atoms with Crippen molar-refractivity contribution in [2.75, 3.05) is 0 Å². The second kappa shape index (κ2) is 5.40. The molecule has 0 fully saturated rings. The minimum absolute atomic E-state index is 0.128. The lowest BCUT2D eigenvalue weighted by atomic mass is 10.2. The Bertz CT molecular complexity index is 770. The van der Waals surface area contributed by atoms with Crippen molar-refractivity contribution in [2.24, 2.45) is 0 Å². The van der Waals surface area contributed by atoms with Gasteiger partial charge < -0.3 is 0 Å². The van der Waals surface area contributed by atoms with Crippen LogP contribution in [0.15, 0.2) is 65.6 Å². The Hall–Kier alpha value is -2.88. The third-order valence-electron chi connectivity index (χ3n) is 2.87. The van der Waals surface area contributed by atoms with Crippen LogP contribution in [0.3, 0.4) is 0 Å². The number of hydrogen-bond acceptors (Lipinski definition) is 2. The molecule has 0 atom stereocenters. The molecule has 0 unspecified atom stereocenters. The van der Waals surface area contributed by atoms with Crippen LogP contribution in [0.25, 0.3) is 18.0 Å². The number of nitrogens with one attached hydrogen (secondary N) is 1. The first-order valence-corrected chi connectivity index (χ1v) is 6.29. The van der Waals surface area contributed by atoms with Crippen molar-refractivity contribution in [3.8, 4) is 5.82 Å². The summed E-state index contributed by atoms with van der Waals surface area (Å²) >= 11 is 0. The predicted octanol–water partition coefficient (Wildman–Crippen LogP) is 2.73. The molecule has 4 nitrogen and oxygen atoms in total. The molecule has 0 bridgehead atoms. The monoisotopic (exact) mass is 263 g/mol. The highest BCUT2D eigenvalue weighted by Gasteiger charge is 2.03. The zero-order valence-electron chi connectivity index (χ0n) is 10.7. The highest BCUT2D eigenvalue weighted by atomic mass is 16.1. The Morgan fingerprint density at radius 1 is 1.00 bits per heavy atom. The quantitative estimate of drug-likeness (QED) is 0.790. The molecule has 1 N–H and O–H groups in total. The largest absolute Gasteiger partial charge is 0.289 e. The van der Waals surface area contributed by atoms with E-state index in [1.54, 1.807) is 18.3 Å². The molecule has 0 radical (unpaired) electrons. The molecule has 0 amide bonds. The normalized spacial score (nSPS) is 11.0. The van der Waals surface area contributed by atoms with Crippen LogP contribution in [0, 0.1) is 0 Å². The van der Waals surface area contributed by atoms with E-state index in [1.165, 1.54) is 4.68 Å². The van der Waals surface area contributed by atoms with Gasteiger partial charge in [-0.3, -0.25) is 9.89 Å². The van der Waals surface area contributed by atoms with Crippen molar-refractivity contribution in [2.45, 2.75) is 0 Å². The van der Waals surface area contributed by atoms with Gasteiger partial charge in [0.2, 0.25) is 0 Å². The van der Waals surface area contributed by atoms with Crippen molar-refractivity contribution < 1.29 is 0 Å². The van der Waals surface area contributed by atoms with E-state index in [-0.39, 0.29) is 5.56 Å². The van der Waals surface area contributed by atoms with Gasteiger partial charge in [0.1, 0.15) is 0 Å². The van der Waals surface area contributed by atoms with Gasteiger partial charge in [0.05, 0.1) is 5.69 Å². The van der Waals surface area contributed by atoms with Crippen LogP contribution >= 0.6 is 0 Å². The smallest absolute Gasteiger partial charge is 0.273 e. The fourth-order valence-electron chi connectivity index (χ4n) is 1.91. The number of aromatic amines is 1. The molecule has 1 aromatic carbocycles. The number of rotatable bonds is 3. The van der Waals surface area contributed by atoms with E-state index in [0.717, 1.165) is 11.3 Å². The summed E-state index contributed by atoms with van der Waals surface area (Å²) < 4.78 is 1.42. The maximum absolute atomic E-state index is 11.9. The van der Waals surface area contributed by atoms with E-state index >= 15 is 0 Å². The van der Waals surface area contributed by atoms with Crippen molar-refractivity contribution in [3.05, 3.63) is 82.4 Å². The maximum atomic E-state index is 11.9. The van der Waals surface area contributed by atoms with Gasteiger partial charge in [-0.15, -0.1) is 0 Å². The van der Waals surface area contributed by atoms with Gasteiger partial charge in [0, 0.05) is 12.3 Å². The summed E-state index contributed by atoms with van der Waals surface area (Å²) in [5.74, 6) is 0.580. The van der Waals surface area contributed by atoms with Gasteiger partial charge in [-0.1, -0.05) is 42.5 Å². The van der Waals surface area contributed by atoms with Crippen LogP contribution in [0.1, 0.15) is 11.3 Å². The Kier molecular flexibility index (Phi) is 3.29. The highest BCUT2D eigenvalue weighted by molar-refractivity contribution is 5.67. The topological polar surface area (TPSA) is 50.7 Å². The minimum atomic E-state index is -0.128. The Labute approximate surface area is 116 Å². The number of benzene rings is 1. The molecule has 2 heterocycles. The molecule has 0 aliphatic heterocycles. The third kappa shape index (κ3) is 2.59. The second-order valence-corrected chi connectivity index (χ2v) is 4.32. The van der Waals surface area contributed by atoms with E-state index in [9.17, 15) is 4.79 Å². The first kappa shape index (κ1) is 12.2. The summed E-state index contributed by atoms with van der Waals surface area (Å²) in [6.45, 7) is 0. The summed E-state index contributed by atoms with van der Waals surface area (Å²) in [7, 11) is 0. The molecule has 0 spiro atoms. The molecule has 0 aliphatic rings. The van der Waals surface area contributed by atoms with Gasteiger partial charge in [0.15, 0.2) is 5.82 Å². The minimum Gasteiger partial charge on any atom is -0.289 e. The Balaban J connectivity index is 1.90. The first-order chi connectivity index (χ1) is 9.83. The molecule has 0 saturated carbocycles. The summed E-state index contributed by atoms with van der Waals surface area (Å²) in [6, 6.07) is 16.9. The van der Waals surface area contributed by atoms with E-state index in [2.05, 4.69) is 10.1 Å². The van der Waals surface area contributed by atoms with Crippen LogP contribution in [0.5, 0.6) is 0 Å². The molecule has 3 rings (SSSR count). The summed E-state index contributed by atoms with van der Waals surface area (Å²) in [4.78, 5) is 16.1. The van der Waals surface area contributed by atoms with Gasteiger partial charge in [-0.05, 0) is 23.8 Å². The van der Waals surface area contributed by atoms with Crippen molar-refractivity contribution in [1.29, 1.82) is 0 Å². The average Bonchev–Trinajstić information content (AvgIpc) is 2.88. The van der Waals surface area contributed by atoms with Crippen molar-refractivity contribution >= 4 is 12.2 Å². The van der Waals surface area contributed by atoms with E-state index in [1.807, 2.05) is 54.6 Å². The van der Waals surface area contributed by atoms with Crippen LogP contribution in [-0.2, 0) is 0 Å². The Morgan fingerprint density at radius 2 is 1.80 bits per heavy atom. The zero-order chi connectivity index (χ0) is 13.8. The molecule has 0 saturated heterocycles. The molecular formula is C16H13N3O. The van der Waals surface area contributed by atoms with E-state index in [4.69, 9.17) is 0 Å². The van der Waals surface area contributed by atoms with Crippen molar-refractivity contribution in [3.63, 3.8) is 0 Å². The molecule has 3 aromatic rings. The van der Waals surface area contributed by atoms with E-state index in [0.29, 0.717) is 5.82 Å². The first-order valence-electron chi connectivity index (χ1n) is 6.29. The number of H-pyrrole nitrogens is 1. The fourth-order valence-corrected chi connectivity index (χ4v) is 1.91. The van der Waals surface area contributed by atoms with Crippen LogP contribution in [-0.4, -0.2) is 14.8 Å². The highest BCUT2D eigenvalue weighted by Crippen LogP contribution is 2.06. The number of aromatic nitrogens is 3. The Morgan fingerprint density at radius 3 is 2.55 bits per heavy atom. The van der Waals surface area contributed by atoms with Gasteiger partial charge in [-0.25, -0.2) is 9.67 Å². The molecule has 2 aromatic heterocycles. The summed E-state index contributed by atoms with van der Waals surface area (Å²) in [6.07, 6.45) is 5.48. The molecule has 20 heavy (non-hydrogen) atoms. The predicted molar refractivity (Wildman–Crippen MR) is 79.6 cm³/mol. The van der Waals surface area contributed by atoms with Crippen LogP contribution in [0.4, 0.5) is 0 Å². The second-order valence-electron chi connectivity index (χ2n) is 4.32. The van der Waals surface area contributed by atoms with Gasteiger partial charge >= 0.3 is 0 Å². The standard InChI is InChI=1S/C16H13N3O/c20-16-12-14(10-9-13-6-2-1-3-7-13)18-19(16)15-8-4-5-11-17-15/h1-12,18H/b10-9+. The molecule has 98 valence electrons. The number of pyridine rings is 1. The molecule has 0 aliphatic carbocycles. The van der Waals surface area contributed by atoms with Crippen LogP contribution < -0.4 is 5.56 Å². The number of nitrogens with zero attached hydrogens (tertiary/aromatic N) is 2. The summed E-state index contributed by atoms with van der Waals surface area (Å²) in [5.41, 5.74) is 1.69. The lowest BCUT2D eigenvalue weighted by Crippen LogP contribution is -2.14. The zero-order valence-corrected chi connectivity index (χ0v) is 10.7. The average molecular weight is 263 g/mol. The van der Waals surface area contributed by atoms with Crippen molar-refractivity contribution in [1.82, 2.24) is 14.8 Å². The fraction of sp³-hybridized carbons (Fsp3) is 0. The molecule has 4 heteroatoms. The van der Waals surface area contributed by atoms with Crippen LogP contribution in [0.2, 0.25) is 0 Å². The van der Waals surface area contributed by atoms with E-state index < -0.39 is 0 Å². The van der Waals surface area contributed by atoms with Gasteiger partial charge in [0.25, 0.3) is 5.56 Å². The summed E-state index contributed by atoms with van der Waals surface area (Å²) in [5, 5.41) is 3.02. The number of hydrogen-bond donors (Lipinski definition) is 1. The molecular weight excluding hydrogens is 250 g/mol. The lowest BCUT2D eigenvalue weighted by molar-refractivity contribution is 0.816.